The van der Waals surface area contributed by atoms with Gasteiger partial charge in [0, 0.05) is 40.9 Å². The Balaban J connectivity index is 1.50. The Bertz CT molecular complexity index is 709. The van der Waals surface area contributed by atoms with Gasteiger partial charge in [0.25, 0.3) is 5.91 Å². The molecule has 2 aromatic carbocycles. The van der Waals surface area contributed by atoms with Crippen molar-refractivity contribution >= 4 is 33.2 Å². The topological polar surface area (TPSA) is 49.0 Å². The SMILES string of the molecule is CC[C@@H]([NH2+]CC(=O)Nc1ccc(N2CCCC2)cc1)c1ccc(Br)cc1. The van der Waals surface area contributed by atoms with E-state index in [0.717, 1.165) is 29.7 Å². The zero-order valence-electron chi connectivity index (χ0n) is 15.2. The number of hydrogen-bond acceptors (Lipinski definition) is 2. The molecule has 3 rings (SSSR count). The van der Waals surface area contributed by atoms with Crippen LogP contribution in [0.15, 0.2) is 53.0 Å². The molecule has 5 heteroatoms. The van der Waals surface area contributed by atoms with Crippen molar-refractivity contribution in [3.8, 4) is 0 Å². The highest BCUT2D eigenvalue weighted by molar-refractivity contribution is 9.10. The third-order valence-corrected chi connectivity index (χ3v) is 5.48. The van der Waals surface area contributed by atoms with E-state index < -0.39 is 0 Å². The summed E-state index contributed by atoms with van der Waals surface area (Å²) >= 11 is 3.46. The van der Waals surface area contributed by atoms with Crippen LogP contribution in [0.2, 0.25) is 0 Å². The predicted octanol–water partition coefficient (Wildman–Crippen LogP) is 3.70. The fourth-order valence-corrected chi connectivity index (χ4v) is 3.70. The molecule has 1 aliphatic rings. The summed E-state index contributed by atoms with van der Waals surface area (Å²) in [5, 5.41) is 5.11. The largest absolute Gasteiger partial charge is 0.372 e. The number of carbonyl (C=O) groups is 1. The van der Waals surface area contributed by atoms with E-state index in [1.165, 1.54) is 24.1 Å². The van der Waals surface area contributed by atoms with Crippen molar-refractivity contribution in [3.63, 3.8) is 0 Å². The van der Waals surface area contributed by atoms with Gasteiger partial charge in [-0.05, 0) is 49.2 Å². The van der Waals surface area contributed by atoms with Gasteiger partial charge in [-0.15, -0.1) is 0 Å². The number of rotatable bonds is 7. The van der Waals surface area contributed by atoms with Gasteiger partial charge in [0.05, 0.1) is 0 Å². The third-order valence-electron chi connectivity index (χ3n) is 4.95. The Labute approximate surface area is 164 Å². The van der Waals surface area contributed by atoms with Crippen molar-refractivity contribution in [2.45, 2.75) is 32.2 Å². The first-order chi connectivity index (χ1) is 12.7. The Morgan fingerprint density at radius 2 is 1.77 bits per heavy atom. The number of quaternary nitrogens is 1. The van der Waals surface area contributed by atoms with Crippen LogP contribution in [0.25, 0.3) is 0 Å². The lowest BCUT2D eigenvalue weighted by Gasteiger charge is -2.18. The first-order valence-corrected chi connectivity index (χ1v) is 10.2. The predicted molar refractivity (Wildman–Crippen MR) is 110 cm³/mol. The summed E-state index contributed by atoms with van der Waals surface area (Å²) in [7, 11) is 0. The summed E-state index contributed by atoms with van der Waals surface area (Å²) in [4.78, 5) is 14.7. The molecule has 138 valence electrons. The molecule has 1 amide bonds. The molecule has 26 heavy (non-hydrogen) atoms. The summed E-state index contributed by atoms with van der Waals surface area (Å²) < 4.78 is 1.08. The Morgan fingerprint density at radius 3 is 2.38 bits per heavy atom. The Hall–Kier alpha value is -1.85. The Morgan fingerprint density at radius 1 is 1.12 bits per heavy atom. The van der Waals surface area contributed by atoms with Gasteiger partial charge in [-0.3, -0.25) is 4.79 Å². The van der Waals surface area contributed by atoms with Crippen molar-refractivity contribution in [2.24, 2.45) is 0 Å². The van der Waals surface area contributed by atoms with Gasteiger partial charge in [0.2, 0.25) is 0 Å². The van der Waals surface area contributed by atoms with Crippen molar-refractivity contribution in [2.75, 3.05) is 29.9 Å². The van der Waals surface area contributed by atoms with Crippen LogP contribution in [0.3, 0.4) is 0 Å². The number of anilines is 2. The molecule has 4 nitrogen and oxygen atoms in total. The number of carbonyl (C=O) groups excluding carboxylic acids is 1. The van der Waals surface area contributed by atoms with E-state index in [0.29, 0.717) is 12.6 Å². The quantitative estimate of drug-likeness (QED) is 0.722. The molecule has 0 bridgehead atoms. The number of nitrogens with one attached hydrogen (secondary N) is 1. The van der Waals surface area contributed by atoms with Gasteiger partial charge >= 0.3 is 0 Å². The summed E-state index contributed by atoms with van der Waals surface area (Å²) in [5.41, 5.74) is 3.36. The van der Waals surface area contributed by atoms with Gasteiger partial charge in [-0.2, -0.15) is 0 Å². The molecule has 1 fully saturated rings. The van der Waals surface area contributed by atoms with Crippen LogP contribution in [0.4, 0.5) is 11.4 Å². The van der Waals surface area contributed by atoms with E-state index in [-0.39, 0.29) is 5.91 Å². The van der Waals surface area contributed by atoms with E-state index in [1.807, 2.05) is 24.3 Å². The molecule has 3 N–H and O–H groups in total. The molecular formula is C21H27BrN3O+. The fraction of sp³-hybridized carbons (Fsp3) is 0.381. The summed E-state index contributed by atoms with van der Waals surface area (Å²) in [6.45, 7) is 4.84. The lowest BCUT2D eigenvalue weighted by molar-refractivity contribution is -0.686. The minimum Gasteiger partial charge on any atom is -0.372 e. The zero-order valence-corrected chi connectivity index (χ0v) is 16.8. The first-order valence-electron chi connectivity index (χ1n) is 9.39. The van der Waals surface area contributed by atoms with Crippen molar-refractivity contribution in [1.29, 1.82) is 0 Å². The fourth-order valence-electron chi connectivity index (χ4n) is 3.44. The second-order valence-electron chi connectivity index (χ2n) is 6.80. The van der Waals surface area contributed by atoms with Crippen LogP contribution in [0, 0.1) is 0 Å². The van der Waals surface area contributed by atoms with Crippen molar-refractivity contribution in [3.05, 3.63) is 58.6 Å². The van der Waals surface area contributed by atoms with Crippen LogP contribution in [-0.2, 0) is 4.79 Å². The molecule has 0 aromatic heterocycles. The standard InChI is InChI=1S/C21H26BrN3O/c1-2-20(16-5-7-17(22)8-6-16)23-15-21(26)24-18-9-11-19(12-10-18)25-13-3-4-14-25/h5-12,20,23H,2-4,13-15H2,1H3,(H,24,26)/p+1/t20-/m1/s1. The summed E-state index contributed by atoms with van der Waals surface area (Å²) in [6.07, 6.45) is 3.52. The highest BCUT2D eigenvalue weighted by Crippen LogP contribution is 2.22. The van der Waals surface area contributed by atoms with Crippen LogP contribution in [-0.4, -0.2) is 25.5 Å². The minimum absolute atomic E-state index is 0.0366. The van der Waals surface area contributed by atoms with E-state index in [1.54, 1.807) is 0 Å². The molecule has 1 atom stereocenters. The second-order valence-corrected chi connectivity index (χ2v) is 7.71. The molecule has 1 aliphatic heterocycles. The summed E-state index contributed by atoms with van der Waals surface area (Å²) in [6, 6.07) is 16.8. The highest BCUT2D eigenvalue weighted by atomic mass is 79.9. The summed E-state index contributed by atoms with van der Waals surface area (Å²) in [5.74, 6) is 0.0366. The number of hydrogen-bond donors (Lipinski definition) is 2. The average molecular weight is 417 g/mol. The van der Waals surface area contributed by atoms with Crippen LogP contribution >= 0.6 is 15.9 Å². The maximum Gasteiger partial charge on any atom is 0.279 e. The van der Waals surface area contributed by atoms with Crippen molar-refractivity contribution < 1.29 is 10.1 Å². The van der Waals surface area contributed by atoms with Gasteiger partial charge in [0.1, 0.15) is 6.04 Å². The monoisotopic (exact) mass is 416 g/mol. The van der Waals surface area contributed by atoms with Crippen LogP contribution in [0.1, 0.15) is 37.8 Å². The molecule has 2 aromatic rings. The number of halogens is 1. The molecule has 1 heterocycles. The van der Waals surface area contributed by atoms with Gasteiger partial charge in [-0.1, -0.05) is 35.0 Å². The maximum absolute atomic E-state index is 12.3. The lowest BCUT2D eigenvalue weighted by atomic mass is 10.0. The molecular weight excluding hydrogens is 390 g/mol. The molecule has 1 saturated heterocycles. The first kappa shape index (κ1) is 18.9. The normalized spacial score (nSPS) is 15.1. The van der Waals surface area contributed by atoms with E-state index in [4.69, 9.17) is 0 Å². The van der Waals surface area contributed by atoms with Crippen molar-refractivity contribution in [1.82, 2.24) is 0 Å². The van der Waals surface area contributed by atoms with Gasteiger partial charge in [0.15, 0.2) is 6.54 Å². The molecule has 0 spiro atoms. The molecule has 0 aliphatic carbocycles. The number of nitrogens with two attached hydrogens (primary N) is 1. The van der Waals surface area contributed by atoms with Crippen LogP contribution in [0.5, 0.6) is 0 Å². The minimum atomic E-state index is 0.0366. The molecule has 0 radical (unpaired) electrons. The smallest absolute Gasteiger partial charge is 0.279 e. The van der Waals surface area contributed by atoms with E-state index in [9.17, 15) is 4.79 Å². The van der Waals surface area contributed by atoms with Gasteiger partial charge < -0.3 is 15.5 Å². The highest BCUT2D eigenvalue weighted by Gasteiger charge is 2.15. The molecule has 0 saturated carbocycles. The number of amides is 1. The van der Waals surface area contributed by atoms with Crippen LogP contribution < -0.4 is 15.5 Å². The maximum atomic E-state index is 12.3. The number of nitrogens with zero attached hydrogens (tertiary/aromatic N) is 1. The Kier molecular flexibility index (Phi) is 6.69. The average Bonchev–Trinajstić information content (AvgIpc) is 3.19. The third kappa shape index (κ3) is 5.08. The van der Waals surface area contributed by atoms with E-state index >= 15 is 0 Å². The molecule has 0 unspecified atom stereocenters. The van der Waals surface area contributed by atoms with E-state index in [2.05, 4.69) is 62.7 Å². The second kappa shape index (κ2) is 9.19. The number of benzene rings is 2. The zero-order chi connectivity index (χ0) is 18.4. The van der Waals surface area contributed by atoms with Gasteiger partial charge in [-0.25, -0.2) is 0 Å². The lowest BCUT2D eigenvalue weighted by Crippen LogP contribution is -2.87.